The molecule has 0 aromatic carbocycles. The third kappa shape index (κ3) is 7.84. The van der Waals surface area contributed by atoms with Crippen LogP contribution < -0.4 is 0 Å². The van der Waals surface area contributed by atoms with Gasteiger partial charge in [-0.05, 0) is 88.9 Å². The quantitative estimate of drug-likeness (QED) is 0.119. The second kappa shape index (κ2) is 17.0. The number of hydrogen-bond acceptors (Lipinski definition) is 14. The minimum Gasteiger partial charge on any atom is -0.346 e. The van der Waals surface area contributed by atoms with Crippen molar-refractivity contribution in [2.45, 2.75) is 212 Å². The van der Waals surface area contributed by atoms with E-state index in [1.807, 2.05) is 35.6 Å². The summed E-state index contributed by atoms with van der Waals surface area (Å²) in [5.41, 5.74) is 0.460. The van der Waals surface area contributed by atoms with Crippen LogP contribution in [0.25, 0.3) is 0 Å². The lowest BCUT2D eigenvalue weighted by Crippen LogP contribution is -2.70. The van der Waals surface area contributed by atoms with Crippen LogP contribution in [0.15, 0.2) is 12.4 Å². The second-order valence-electron chi connectivity index (χ2n) is 20.6. The Morgan fingerprint density at radius 1 is 0.557 bits per heavy atom. The molecule has 16 heteroatoms. The lowest BCUT2D eigenvalue weighted by atomic mass is 9.58. The average molecular weight is 855 g/mol. The zero-order chi connectivity index (χ0) is 42.0. The highest BCUT2D eigenvalue weighted by Crippen LogP contribution is 2.62. The van der Waals surface area contributed by atoms with Gasteiger partial charge in [0, 0.05) is 49.6 Å². The topological polar surface area (TPSA) is 154 Å². The second-order valence-corrected chi connectivity index (χ2v) is 20.6. The minimum atomic E-state index is -0.793. The van der Waals surface area contributed by atoms with Gasteiger partial charge in [0.1, 0.15) is 11.4 Å². The zero-order valence-electron chi connectivity index (χ0n) is 37.3. The molecule has 8 aliphatic heterocycles. The predicted octanol–water partition coefficient (Wildman–Crippen LogP) is 7.75. The summed E-state index contributed by atoms with van der Waals surface area (Å²) in [5, 5.41) is 17.6. The van der Waals surface area contributed by atoms with E-state index in [0.29, 0.717) is 36.9 Å². The molecule has 10 heterocycles. The van der Waals surface area contributed by atoms with Gasteiger partial charge in [-0.1, -0.05) is 70.2 Å². The number of nitrogens with zero attached hydrogens (tertiary/aromatic N) is 6. The maximum Gasteiger partial charge on any atom is 0.201 e. The van der Waals surface area contributed by atoms with Gasteiger partial charge in [0.2, 0.25) is 11.6 Å². The van der Waals surface area contributed by atoms with Gasteiger partial charge in [0.25, 0.3) is 0 Å². The molecule has 0 N–H and O–H groups in total. The van der Waals surface area contributed by atoms with Crippen molar-refractivity contribution in [1.29, 1.82) is 0 Å². The number of unbranched alkanes of at least 4 members (excludes halogenated alkanes) is 6. The fourth-order valence-corrected chi connectivity index (χ4v) is 12.9. The number of hydrogen-bond donors (Lipinski definition) is 0. The van der Waals surface area contributed by atoms with Crippen LogP contribution in [0, 0.1) is 47.3 Å². The molecule has 340 valence electrons. The molecule has 2 saturated carbocycles. The SMILES string of the molecule is C[C@H]1[C@H](OCc2cn(CCCCCCCCCn3cc(CO[C@@H]4O[C@@H]5O[C@@]6(C)CC[C@H]7[C@H](C)CC[C@@H]([C@H]4C)[C@@]57OO6)nn3)nn2)O[C@@H]2O[C@@]3(C)CC[C@H]4[C@H](C)CC[C@@H]1[C@@]24OO3. The molecule has 2 aliphatic carbocycles. The van der Waals surface area contributed by atoms with Crippen molar-refractivity contribution in [3.63, 3.8) is 0 Å². The van der Waals surface area contributed by atoms with E-state index in [2.05, 4.69) is 48.3 Å². The van der Waals surface area contributed by atoms with Crippen LogP contribution in [0.3, 0.4) is 0 Å². The predicted molar refractivity (Wildman–Crippen MR) is 216 cm³/mol. The summed E-state index contributed by atoms with van der Waals surface area (Å²) in [5.74, 6) is 0.880. The van der Waals surface area contributed by atoms with Gasteiger partial charge in [-0.25, -0.2) is 19.6 Å². The summed E-state index contributed by atoms with van der Waals surface area (Å²) in [6.45, 7) is 15.4. The Bertz CT molecular complexity index is 1690. The summed E-state index contributed by atoms with van der Waals surface area (Å²) in [7, 11) is 0. The Kier molecular flexibility index (Phi) is 11.9. The molecular weight excluding hydrogens is 785 g/mol. The number of aryl methyl sites for hydroxylation is 2. The van der Waals surface area contributed by atoms with Crippen molar-refractivity contribution in [2.24, 2.45) is 47.3 Å². The lowest BCUT2D eigenvalue weighted by Gasteiger charge is -2.60. The monoisotopic (exact) mass is 855 g/mol. The number of ether oxygens (including phenoxy) is 6. The van der Waals surface area contributed by atoms with Crippen LogP contribution in [-0.4, -0.2) is 77.9 Å². The van der Waals surface area contributed by atoms with Gasteiger partial charge in [-0.15, -0.1) is 10.2 Å². The summed E-state index contributed by atoms with van der Waals surface area (Å²) in [6.07, 6.45) is 18.3. The van der Waals surface area contributed by atoms with Crippen molar-refractivity contribution in [2.75, 3.05) is 0 Å². The van der Waals surface area contributed by atoms with Gasteiger partial charge in [-0.2, -0.15) is 0 Å². The maximum atomic E-state index is 6.57. The van der Waals surface area contributed by atoms with Crippen LogP contribution in [0.1, 0.15) is 149 Å². The number of fused-ring (bicyclic) bond motifs is 4. The molecule has 2 aromatic rings. The molecule has 0 amide bonds. The molecule has 2 aromatic heterocycles. The largest absolute Gasteiger partial charge is 0.346 e. The van der Waals surface area contributed by atoms with Gasteiger partial charge in [0.05, 0.1) is 25.6 Å². The van der Waals surface area contributed by atoms with E-state index < -0.39 is 47.9 Å². The Balaban J connectivity index is 0.605. The first-order valence-electron chi connectivity index (χ1n) is 23.9. The highest BCUT2D eigenvalue weighted by molar-refractivity contribution is 5.11. The molecule has 2 spiro atoms. The average Bonchev–Trinajstić information content (AvgIpc) is 3.76. The fourth-order valence-electron chi connectivity index (χ4n) is 12.9. The zero-order valence-corrected chi connectivity index (χ0v) is 37.3. The molecule has 16 nitrogen and oxygen atoms in total. The number of rotatable bonds is 16. The summed E-state index contributed by atoms with van der Waals surface area (Å²) in [6, 6.07) is 0. The van der Waals surface area contributed by atoms with Crippen molar-refractivity contribution >= 4 is 0 Å². The van der Waals surface area contributed by atoms with Crippen molar-refractivity contribution in [3.8, 4) is 0 Å². The van der Waals surface area contributed by atoms with Crippen molar-refractivity contribution in [3.05, 3.63) is 23.8 Å². The minimum absolute atomic E-state index is 0.130. The van der Waals surface area contributed by atoms with E-state index in [4.69, 9.17) is 48.0 Å². The first-order valence-corrected chi connectivity index (χ1v) is 23.9. The molecule has 16 atom stereocenters. The molecule has 10 fully saturated rings. The standard InChI is InChI=1S/C45H70N6O10/c1-28-14-16-36-30(3)38(54-40-44(36)34(28)18-20-42(5,56-40)58-60-44)52-26-32-24-50(48-46-32)22-12-10-8-7-9-11-13-23-51-25-33(47-49-51)27-53-39-31(4)37-17-15-29(2)35-19-21-43(6)57-41(55-39)45(35,37)61-59-43/h24-25,28-31,34-41H,7-23,26-27H2,1-6H3/t28-,29-,30-,31-,34+,35+,36+,37+,38-,39-,40-,41-,42-,43-,44-,45-/m1/s1. The fraction of sp³-hybridized carbons (Fsp3) is 0.911. The Morgan fingerprint density at radius 2 is 0.984 bits per heavy atom. The molecule has 4 bridgehead atoms. The Labute approximate surface area is 360 Å². The van der Waals surface area contributed by atoms with Gasteiger partial charge in [-0.3, -0.25) is 9.36 Å². The van der Waals surface area contributed by atoms with Gasteiger partial charge >= 0.3 is 0 Å². The van der Waals surface area contributed by atoms with E-state index in [1.54, 1.807) is 0 Å². The van der Waals surface area contributed by atoms with Gasteiger partial charge < -0.3 is 28.4 Å². The molecule has 61 heavy (non-hydrogen) atoms. The highest BCUT2D eigenvalue weighted by atomic mass is 17.3. The van der Waals surface area contributed by atoms with E-state index in [0.717, 1.165) is 88.7 Å². The summed E-state index contributed by atoms with van der Waals surface area (Å²) in [4.78, 5) is 24.4. The molecule has 0 radical (unpaired) electrons. The van der Waals surface area contributed by atoms with Gasteiger partial charge in [0.15, 0.2) is 36.4 Å². The first-order chi connectivity index (χ1) is 29.5. The lowest BCUT2D eigenvalue weighted by molar-refractivity contribution is -0.577. The molecule has 8 saturated heterocycles. The van der Waals surface area contributed by atoms with E-state index in [9.17, 15) is 0 Å². The van der Waals surface area contributed by atoms with E-state index in [1.165, 1.54) is 32.1 Å². The van der Waals surface area contributed by atoms with Crippen LogP contribution in [0.4, 0.5) is 0 Å². The summed E-state index contributed by atoms with van der Waals surface area (Å²) >= 11 is 0. The van der Waals surface area contributed by atoms with E-state index in [-0.39, 0.29) is 23.7 Å². The normalized spacial score (nSPS) is 45.0. The number of aromatic nitrogens is 6. The molecular formula is C45H70N6O10. The third-order valence-corrected chi connectivity index (χ3v) is 16.4. The maximum absolute atomic E-state index is 6.57. The summed E-state index contributed by atoms with van der Waals surface area (Å²) < 4.78 is 42.8. The van der Waals surface area contributed by atoms with Crippen LogP contribution in [0.5, 0.6) is 0 Å². The van der Waals surface area contributed by atoms with E-state index >= 15 is 0 Å². The van der Waals surface area contributed by atoms with Crippen LogP contribution >= 0.6 is 0 Å². The molecule has 12 rings (SSSR count). The molecule has 10 aliphatic rings. The first kappa shape index (κ1) is 42.8. The smallest absolute Gasteiger partial charge is 0.201 e. The van der Waals surface area contributed by atoms with Crippen molar-refractivity contribution in [1.82, 2.24) is 30.0 Å². The highest BCUT2D eigenvalue weighted by Gasteiger charge is 2.71. The Morgan fingerprint density at radius 3 is 1.43 bits per heavy atom. The van der Waals surface area contributed by atoms with Crippen molar-refractivity contribution < 1.29 is 48.0 Å². The van der Waals surface area contributed by atoms with Crippen LogP contribution in [-0.2, 0) is 74.3 Å². The van der Waals surface area contributed by atoms with Crippen LogP contribution in [0.2, 0.25) is 0 Å². The Hall–Kier alpha value is -2.12. The third-order valence-electron chi connectivity index (χ3n) is 16.4. The molecule has 0 unspecified atom stereocenters.